The van der Waals surface area contributed by atoms with Crippen LogP contribution in [0.2, 0.25) is 10.0 Å². The molecule has 0 saturated heterocycles. The summed E-state index contributed by atoms with van der Waals surface area (Å²) in [4.78, 5) is 7.72. The van der Waals surface area contributed by atoms with E-state index in [1.807, 2.05) is 0 Å². The lowest BCUT2D eigenvalue weighted by atomic mass is 10.1. The number of rotatable bonds is 5. The number of nitrogens with zero attached hydrogens (tertiary/aromatic N) is 2. The highest BCUT2D eigenvalue weighted by Gasteiger charge is 2.19. The third-order valence-electron chi connectivity index (χ3n) is 2.91. The molecule has 6 nitrogen and oxygen atoms in total. The van der Waals surface area contributed by atoms with Gasteiger partial charge in [-0.25, -0.2) is 22.8 Å². The zero-order valence-electron chi connectivity index (χ0n) is 12.1. The van der Waals surface area contributed by atoms with Crippen molar-refractivity contribution in [3.8, 4) is 17.1 Å². The van der Waals surface area contributed by atoms with Gasteiger partial charge in [-0.15, -0.1) is 0 Å². The third-order valence-corrected chi connectivity index (χ3v) is 4.85. The van der Waals surface area contributed by atoms with Gasteiger partial charge in [0, 0.05) is 5.56 Å². The number of benzene rings is 1. The van der Waals surface area contributed by atoms with Crippen molar-refractivity contribution in [1.29, 1.82) is 0 Å². The predicted octanol–water partition coefficient (Wildman–Crippen LogP) is 3.36. The highest BCUT2D eigenvalue weighted by molar-refractivity contribution is 7.92. The van der Waals surface area contributed by atoms with Crippen LogP contribution < -0.4 is 9.46 Å². The first-order valence-corrected chi connectivity index (χ1v) is 8.74. The number of sulfonamides is 1. The molecule has 0 atom stereocenters. The minimum atomic E-state index is -3.58. The molecule has 0 amide bonds. The maximum atomic E-state index is 14.2. The van der Waals surface area contributed by atoms with E-state index < -0.39 is 15.8 Å². The van der Waals surface area contributed by atoms with E-state index in [1.54, 1.807) is 0 Å². The zero-order valence-corrected chi connectivity index (χ0v) is 14.4. The molecule has 0 bridgehead atoms. The lowest BCUT2D eigenvalue weighted by Gasteiger charge is -2.12. The molecular weight excluding hydrogens is 368 g/mol. The van der Waals surface area contributed by atoms with E-state index in [-0.39, 0.29) is 38.6 Å². The van der Waals surface area contributed by atoms with Crippen LogP contribution >= 0.6 is 23.2 Å². The maximum Gasteiger partial charge on any atom is 0.236 e. The molecular formula is C13H12Cl2FN3O3S. The monoisotopic (exact) mass is 379 g/mol. The van der Waals surface area contributed by atoms with Gasteiger partial charge in [-0.2, -0.15) is 0 Å². The summed E-state index contributed by atoms with van der Waals surface area (Å²) in [7, 11) is -2.22. The molecule has 124 valence electrons. The quantitative estimate of drug-likeness (QED) is 0.860. The van der Waals surface area contributed by atoms with Gasteiger partial charge in [0.1, 0.15) is 17.2 Å². The average Bonchev–Trinajstić information content (AvgIpc) is 2.50. The van der Waals surface area contributed by atoms with Gasteiger partial charge in [0.25, 0.3) is 0 Å². The number of ether oxygens (including phenoxy) is 1. The van der Waals surface area contributed by atoms with Crippen molar-refractivity contribution in [2.75, 3.05) is 17.6 Å². The molecule has 0 unspecified atom stereocenters. The van der Waals surface area contributed by atoms with Gasteiger partial charge >= 0.3 is 0 Å². The van der Waals surface area contributed by atoms with E-state index in [4.69, 9.17) is 27.9 Å². The molecule has 10 heteroatoms. The van der Waals surface area contributed by atoms with Gasteiger partial charge in [0.05, 0.1) is 29.3 Å². The fraction of sp³-hybridized carbons (Fsp3) is 0.231. The number of methoxy groups -OCH3 is 1. The third kappa shape index (κ3) is 3.82. The van der Waals surface area contributed by atoms with Crippen LogP contribution in [-0.4, -0.2) is 31.2 Å². The summed E-state index contributed by atoms with van der Waals surface area (Å²) >= 11 is 12.0. The van der Waals surface area contributed by atoms with Crippen LogP contribution in [0.1, 0.15) is 6.92 Å². The van der Waals surface area contributed by atoms with Crippen LogP contribution in [-0.2, 0) is 10.0 Å². The highest BCUT2D eigenvalue weighted by atomic mass is 35.5. The molecule has 2 rings (SSSR count). The number of halogens is 3. The van der Waals surface area contributed by atoms with Crippen LogP contribution in [0.4, 0.5) is 10.1 Å². The normalized spacial score (nSPS) is 11.3. The van der Waals surface area contributed by atoms with Crippen LogP contribution in [0.15, 0.2) is 18.5 Å². The second kappa shape index (κ2) is 6.86. The number of anilines is 1. The number of nitrogens with one attached hydrogen (secondary N) is 1. The summed E-state index contributed by atoms with van der Waals surface area (Å²) < 4.78 is 44.8. The zero-order chi connectivity index (χ0) is 17.2. The summed E-state index contributed by atoms with van der Waals surface area (Å²) in [6.07, 6.45) is 1.16. The Kier molecular flexibility index (Phi) is 5.28. The summed E-state index contributed by atoms with van der Waals surface area (Å²) in [5, 5.41) is -0.0825. The van der Waals surface area contributed by atoms with Crippen molar-refractivity contribution in [2.24, 2.45) is 0 Å². The first kappa shape index (κ1) is 17.7. The van der Waals surface area contributed by atoms with Crippen molar-refractivity contribution >= 4 is 38.9 Å². The van der Waals surface area contributed by atoms with Crippen LogP contribution in [0, 0.1) is 5.82 Å². The highest BCUT2D eigenvalue weighted by Crippen LogP contribution is 2.36. The first-order chi connectivity index (χ1) is 10.8. The molecule has 0 radical (unpaired) electrons. The fourth-order valence-corrected chi connectivity index (χ4v) is 2.91. The summed E-state index contributed by atoms with van der Waals surface area (Å²) in [5.41, 5.74) is 0.0529. The van der Waals surface area contributed by atoms with Crippen LogP contribution in [0.3, 0.4) is 0 Å². The van der Waals surface area contributed by atoms with Gasteiger partial charge < -0.3 is 4.74 Å². The van der Waals surface area contributed by atoms with E-state index >= 15 is 0 Å². The Morgan fingerprint density at radius 2 is 2.00 bits per heavy atom. The first-order valence-electron chi connectivity index (χ1n) is 6.33. The van der Waals surface area contributed by atoms with Crippen molar-refractivity contribution in [3.63, 3.8) is 0 Å². The molecule has 1 heterocycles. The van der Waals surface area contributed by atoms with E-state index in [1.165, 1.54) is 20.1 Å². The Bertz CT molecular complexity index is 847. The van der Waals surface area contributed by atoms with Crippen molar-refractivity contribution in [2.45, 2.75) is 6.92 Å². The van der Waals surface area contributed by atoms with E-state index in [0.717, 1.165) is 12.4 Å². The fourth-order valence-electron chi connectivity index (χ4n) is 1.73. The second-order valence-electron chi connectivity index (χ2n) is 4.36. The largest absolute Gasteiger partial charge is 0.480 e. The lowest BCUT2D eigenvalue weighted by molar-refractivity contribution is 0.397. The minimum absolute atomic E-state index is 0.000483. The standard InChI is InChI=1S/C13H12Cl2FN3O3S/c1-3-23(20,21)19-10-4-7(9(16)5-8(10)14)12-11(15)13(22-2)18-6-17-12/h4-6,19H,3H2,1-2H3. The molecule has 23 heavy (non-hydrogen) atoms. The van der Waals surface area contributed by atoms with Gasteiger partial charge in [0.15, 0.2) is 0 Å². The molecule has 1 aromatic heterocycles. The predicted molar refractivity (Wildman–Crippen MR) is 87.1 cm³/mol. The van der Waals surface area contributed by atoms with E-state index in [9.17, 15) is 12.8 Å². The summed E-state index contributed by atoms with van der Waals surface area (Å²) in [6, 6.07) is 2.20. The number of aromatic nitrogens is 2. The number of hydrogen-bond acceptors (Lipinski definition) is 5. The molecule has 1 N–H and O–H groups in total. The Balaban J connectivity index is 2.60. The molecule has 0 saturated carbocycles. The van der Waals surface area contributed by atoms with Gasteiger partial charge in [0.2, 0.25) is 15.9 Å². The Labute approximate surface area is 142 Å². The van der Waals surface area contributed by atoms with Crippen molar-refractivity contribution in [3.05, 3.63) is 34.3 Å². The van der Waals surface area contributed by atoms with Gasteiger partial charge in [-0.3, -0.25) is 4.72 Å². The van der Waals surface area contributed by atoms with Gasteiger partial charge in [-0.05, 0) is 19.1 Å². The Morgan fingerprint density at radius 3 is 2.61 bits per heavy atom. The molecule has 0 aliphatic carbocycles. The molecule has 0 aliphatic heterocycles. The van der Waals surface area contributed by atoms with Gasteiger partial charge in [-0.1, -0.05) is 23.2 Å². The smallest absolute Gasteiger partial charge is 0.236 e. The van der Waals surface area contributed by atoms with Crippen molar-refractivity contribution in [1.82, 2.24) is 9.97 Å². The molecule has 1 aromatic carbocycles. The Hall–Kier alpha value is -1.64. The molecule has 0 fully saturated rings. The minimum Gasteiger partial charge on any atom is -0.480 e. The Morgan fingerprint density at radius 1 is 1.30 bits per heavy atom. The maximum absolute atomic E-state index is 14.2. The average molecular weight is 380 g/mol. The van der Waals surface area contributed by atoms with Crippen molar-refractivity contribution < 1.29 is 17.5 Å². The summed E-state index contributed by atoms with van der Waals surface area (Å²) in [5.74, 6) is -0.795. The molecule has 0 spiro atoms. The lowest BCUT2D eigenvalue weighted by Crippen LogP contribution is -2.15. The summed E-state index contributed by atoms with van der Waals surface area (Å²) in [6.45, 7) is 1.47. The topological polar surface area (TPSA) is 81.2 Å². The number of hydrogen-bond donors (Lipinski definition) is 1. The second-order valence-corrected chi connectivity index (χ2v) is 7.16. The van der Waals surface area contributed by atoms with E-state index in [0.29, 0.717) is 0 Å². The van der Waals surface area contributed by atoms with Crippen LogP contribution in [0.25, 0.3) is 11.3 Å². The van der Waals surface area contributed by atoms with E-state index in [2.05, 4.69) is 14.7 Å². The molecule has 0 aliphatic rings. The molecule has 2 aromatic rings. The SMILES string of the molecule is CCS(=O)(=O)Nc1cc(-c2ncnc(OC)c2Cl)c(F)cc1Cl. The van der Waals surface area contributed by atoms with Crippen LogP contribution in [0.5, 0.6) is 5.88 Å².